The lowest BCUT2D eigenvalue weighted by atomic mass is 9.85. The number of carbonyl (C=O) groups is 4. The van der Waals surface area contributed by atoms with Crippen LogP contribution in [0.4, 0.5) is 4.79 Å². The lowest BCUT2D eigenvalue weighted by Gasteiger charge is -2.36. The summed E-state index contributed by atoms with van der Waals surface area (Å²) >= 11 is 0. The molecule has 13 nitrogen and oxygen atoms in total. The maximum absolute atomic E-state index is 13.9. The van der Waals surface area contributed by atoms with Crippen LogP contribution in [0.25, 0.3) is 0 Å². The summed E-state index contributed by atoms with van der Waals surface area (Å²) in [5.74, 6) is -2.25. The number of aromatic nitrogens is 4. The number of nitrogens with zero attached hydrogens (tertiary/aromatic N) is 5. The van der Waals surface area contributed by atoms with E-state index in [4.69, 9.17) is 4.74 Å². The first kappa shape index (κ1) is 28.1. The number of likely N-dealkylation sites (tertiary alicyclic amines) is 1. The van der Waals surface area contributed by atoms with Gasteiger partial charge in [0.2, 0.25) is 11.8 Å². The van der Waals surface area contributed by atoms with Gasteiger partial charge < -0.3 is 25.4 Å². The lowest BCUT2D eigenvalue weighted by molar-refractivity contribution is -0.146. The Kier molecular flexibility index (Phi) is 7.39. The number of carboxylic acids is 1. The van der Waals surface area contributed by atoms with E-state index < -0.39 is 64.5 Å². The quantitative estimate of drug-likeness (QED) is 0.448. The van der Waals surface area contributed by atoms with Crippen molar-refractivity contribution in [3.8, 4) is 0 Å². The van der Waals surface area contributed by atoms with Crippen LogP contribution in [0.15, 0.2) is 12.7 Å². The highest BCUT2D eigenvalue weighted by Crippen LogP contribution is 2.45. The third-order valence-corrected chi connectivity index (χ3v) is 6.52. The summed E-state index contributed by atoms with van der Waals surface area (Å²) in [6.07, 6.45) is 1.10. The second kappa shape index (κ2) is 9.75. The smallest absolute Gasteiger partial charge is 0.408 e. The van der Waals surface area contributed by atoms with E-state index in [-0.39, 0.29) is 19.4 Å². The van der Waals surface area contributed by atoms with Gasteiger partial charge in [-0.1, -0.05) is 26.8 Å². The van der Waals surface area contributed by atoms with E-state index in [9.17, 15) is 24.3 Å². The fourth-order valence-corrected chi connectivity index (χ4v) is 4.49. The highest BCUT2D eigenvalue weighted by atomic mass is 16.6. The number of hydrogen-bond donors (Lipinski definition) is 3. The molecule has 2 fully saturated rings. The monoisotopic (exact) mass is 519 g/mol. The average Bonchev–Trinajstić information content (AvgIpc) is 3.07. The Morgan fingerprint density at radius 1 is 1.22 bits per heavy atom. The van der Waals surface area contributed by atoms with Crippen LogP contribution in [-0.2, 0) is 19.1 Å². The number of rotatable bonds is 7. The Morgan fingerprint density at radius 3 is 2.32 bits per heavy atom. The largest absolute Gasteiger partial charge is 0.479 e. The molecule has 1 aliphatic carbocycles. The van der Waals surface area contributed by atoms with E-state index in [1.165, 1.54) is 15.8 Å². The minimum atomic E-state index is -1.45. The van der Waals surface area contributed by atoms with Gasteiger partial charge in [0.1, 0.15) is 23.2 Å². The van der Waals surface area contributed by atoms with E-state index in [1.54, 1.807) is 48.5 Å². The van der Waals surface area contributed by atoms with Crippen molar-refractivity contribution in [3.63, 3.8) is 0 Å². The van der Waals surface area contributed by atoms with Gasteiger partial charge in [-0.05, 0) is 44.7 Å². The third-order valence-electron chi connectivity index (χ3n) is 6.52. The Labute approximate surface area is 216 Å². The molecule has 3 amide bonds. The predicted molar refractivity (Wildman–Crippen MR) is 131 cm³/mol. The molecule has 1 aromatic heterocycles. The van der Waals surface area contributed by atoms with Gasteiger partial charge in [-0.25, -0.2) is 9.59 Å². The molecule has 204 valence electrons. The topological polar surface area (TPSA) is 169 Å². The molecule has 0 bridgehead atoms. The fraction of sp³-hybridized carbons (Fsp3) is 0.708. The normalized spacial score (nSPS) is 26.2. The highest BCUT2D eigenvalue weighted by molar-refractivity contribution is 5.96. The number of nitrogens with one attached hydrogen (secondary N) is 2. The van der Waals surface area contributed by atoms with Crippen molar-refractivity contribution in [1.82, 2.24) is 35.7 Å². The molecule has 0 aromatic carbocycles. The Bertz CT molecular complexity index is 1090. The number of tetrazole rings is 1. The Balaban J connectivity index is 1.90. The Hall–Kier alpha value is -3.51. The van der Waals surface area contributed by atoms with Gasteiger partial charge in [0, 0.05) is 18.9 Å². The molecule has 3 N–H and O–H groups in total. The van der Waals surface area contributed by atoms with Gasteiger partial charge in [-0.2, -0.15) is 4.80 Å². The second-order valence-corrected chi connectivity index (χ2v) is 11.8. The van der Waals surface area contributed by atoms with Crippen molar-refractivity contribution in [2.75, 3.05) is 6.54 Å². The van der Waals surface area contributed by atoms with Gasteiger partial charge in [0.15, 0.2) is 5.82 Å². The number of aryl methyl sites for hydroxylation is 1. The van der Waals surface area contributed by atoms with Crippen LogP contribution < -0.4 is 10.6 Å². The molecule has 5 atom stereocenters. The molecule has 0 radical (unpaired) electrons. The number of hydrogen-bond acceptors (Lipinski definition) is 8. The molecular formula is C24H37N7O6. The maximum atomic E-state index is 13.9. The molecule has 13 heteroatoms. The third kappa shape index (κ3) is 6.08. The molecule has 1 saturated heterocycles. The number of amides is 3. The van der Waals surface area contributed by atoms with E-state index in [0.717, 1.165) is 0 Å². The molecule has 0 unspecified atom stereocenters. The van der Waals surface area contributed by atoms with Crippen molar-refractivity contribution in [1.29, 1.82) is 0 Å². The number of aliphatic carboxylic acids is 1. The first-order valence-electron chi connectivity index (χ1n) is 12.2. The zero-order chi connectivity index (χ0) is 27.9. The molecular weight excluding hydrogens is 482 g/mol. The highest BCUT2D eigenvalue weighted by Gasteiger charge is 2.61. The second-order valence-electron chi connectivity index (χ2n) is 11.8. The summed E-state index contributed by atoms with van der Waals surface area (Å²) < 4.78 is 5.36. The van der Waals surface area contributed by atoms with Crippen LogP contribution in [0.2, 0.25) is 0 Å². The van der Waals surface area contributed by atoms with Crippen molar-refractivity contribution < 1.29 is 29.0 Å². The molecule has 3 rings (SSSR count). The Morgan fingerprint density at radius 2 is 1.86 bits per heavy atom. The van der Waals surface area contributed by atoms with Crippen LogP contribution in [0.3, 0.4) is 0 Å². The van der Waals surface area contributed by atoms with Crippen LogP contribution in [0.1, 0.15) is 66.3 Å². The van der Waals surface area contributed by atoms with Gasteiger partial charge in [0.05, 0.1) is 6.04 Å². The van der Waals surface area contributed by atoms with E-state index in [0.29, 0.717) is 5.82 Å². The molecule has 1 saturated carbocycles. The fourth-order valence-electron chi connectivity index (χ4n) is 4.49. The van der Waals surface area contributed by atoms with Crippen molar-refractivity contribution in [2.45, 2.75) is 90.6 Å². The van der Waals surface area contributed by atoms with E-state index >= 15 is 0 Å². The average molecular weight is 520 g/mol. The van der Waals surface area contributed by atoms with E-state index in [1.807, 2.05) is 0 Å². The van der Waals surface area contributed by atoms with Crippen LogP contribution in [0, 0.1) is 18.3 Å². The molecule has 1 aliphatic heterocycles. The minimum absolute atomic E-state index is 0.0697. The number of carbonyl (C=O) groups excluding carboxylic acids is 3. The number of alkyl carbamates (subject to hydrolysis) is 1. The van der Waals surface area contributed by atoms with Gasteiger partial charge in [0.25, 0.3) is 0 Å². The maximum Gasteiger partial charge on any atom is 0.408 e. The first-order valence-corrected chi connectivity index (χ1v) is 12.2. The minimum Gasteiger partial charge on any atom is -0.479 e. The molecule has 1 aromatic rings. The molecule has 37 heavy (non-hydrogen) atoms. The van der Waals surface area contributed by atoms with Crippen molar-refractivity contribution in [3.05, 3.63) is 18.5 Å². The standard InChI is InChI=1S/C24H37N7O6/c1-9-14-11-24(14,20(34)35)26-18(32)16-10-15(31-28-13(2)27-29-31)12-30(16)19(33)17(22(3,4)5)25-21(36)37-23(6,7)8/h9,14-17H,1,10-12H2,2-8H3,(H,25,36)(H,26,32)(H,34,35)/t14-,15-,16+,17-,24-/m1/s1. The predicted octanol–water partition coefficient (Wildman–Crippen LogP) is 1.21. The van der Waals surface area contributed by atoms with Gasteiger partial charge in [-0.3, -0.25) is 9.59 Å². The van der Waals surface area contributed by atoms with Crippen LogP contribution in [0.5, 0.6) is 0 Å². The van der Waals surface area contributed by atoms with Gasteiger partial charge >= 0.3 is 12.1 Å². The summed E-state index contributed by atoms with van der Waals surface area (Å²) in [5, 5.41) is 27.2. The van der Waals surface area contributed by atoms with Crippen molar-refractivity contribution >= 4 is 23.9 Å². The van der Waals surface area contributed by atoms with Gasteiger partial charge in [-0.15, -0.1) is 16.8 Å². The SMILES string of the molecule is C=C[C@@H]1C[C@]1(NC(=O)[C@@H]1C[C@@H](n2nnc(C)n2)CN1C(=O)[C@@H](NC(=O)OC(C)(C)C)C(C)(C)C)C(=O)O. The molecule has 0 spiro atoms. The first-order chi connectivity index (χ1) is 17.0. The summed E-state index contributed by atoms with van der Waals surface area (Å²) in [5.41, 5.74) is -2.96. The zero-order valence-electron chi connectivity index (χ0n) is 22.4. The van der Waals surface area contributed by atoms with Crippen LogP contribution >= 0.6 is 0 Å². The van der Waals surface area contributed by atoms with E-state index in [2.05, 4.69) is 32.6 Å². The van der Waals surface area contributed by atoms with Crippen LogP contribution in [-0.4, -0.2) is 83.9 Å². The summed E-state index contributed by atoms with van der Waals surface area (Å²) in [6.45, 7) is 15.9. The zero-order valence-corrected chi connectivity index (χ0v) is 22.4. The molecule has 2 aliphatic rings. The molecule has 2 heterocycles. The summed E-state index contributed by atoms with van der Waals surface area (Å²) in [4.78, 5) is 54.6. The summed E-state index contributed by atoms with van der Waals surface area (Å²) in [6, 6.07) is -2.52. The summed E-state index contributed by atoms with van der Waals surface area (Å²) in [7, 11) is 0. The lowest BCUT2D eigenvalue weighted by Crippen LogP contribution is -2.59. The number of carboxylic acid groups (broad SMARTS) is 1. The van der Waals surface area contributed by atoms with Crippen molar-refractivity contribution in [2.24, 2.45) is 11.3 Å². The number of ether oxygens (including phenoxy) is 1.